The molecule has 0 aliphatic carbocycles. The zero-order valence-corrected chi connectivity index (χ0v) is 13.9. The largest absolute Gasteiger partial charge is 0.377 e. The van der Waals surface area contributed by atoms with Gasteiger partial charge in [-0.15, -0.1) is 0 Å². The van der Waals surface area contributed by atoms with Crippen molar-refractivity contribution in [3.05, 3.63) is 34.3 Å². The van der Waals surface area contributed by atoms with Gasteiger partial charge < -0.3 is 10.1 Å². The third-order valence-corrected chi connectivity index (χ3v) is 3.71. The molecule has 2 atom stereocenters. The summed E-state index contributed by atoms with van der Waals surface area (Å²) in [6.07, 6.45) is 3.58. The van der Waals surface area contributed by atoms with Gasteiger partial charge >= 0.3 is 0 Å². The van der Waals surface area contributed by atoms with Crippen molar-refractivity contribution in [1.29, 1.82) is 0 Å². The third-order valence-electron chi connectivity index (χ3n) is 3.21. The first-order valence-electron chi connectivity index (χ1n) is 7.30. The minimum absolute atomic E-state index is 0.300. The molecular weight excluding hydrogens is 302 g/mol. The highest BCUT2D eigenvalue weighted by Gasteiger charge is 2.20. The number of benzene rings is 1. The fourth-order valence-corrected chi connectivity index (χ4v) is 2.86. The van der Waals surface area contributed by atoms with Crippen molar-refractivity contribution in [3.8, 4) is 0 Å². The van der Waals surface area contributed by atoms with Gasteiger partial charge in [0.05, 0.1) is 6.10 Å². The van der Waals surface area contributed by atoms with Crippen LogP contribution in [0.3, 0.4) is 0 Å². The van der Waals surface area contributed by atoms with Crippen LogP contribution in [0.5, 0.6) is 0 Å². The molecule has 0 saturated carbocycles. The Morgan fingerprint density at radius 2 is 2.05 bits per heavy atom. The van der Waals surface area contributed by atoms with Crippen LogP contribution < -0.4 is 5.32 Å². The van der Waals surface area contributed by atoms with E-state index in [0.717, 1.165) is 36.9 Å². The highest BCUT2D eigenvalue weighted by molar-refractivity contribution is 9.10. The lowest BCUT2D eigenvalue weighted by atomic mass is 9.98. The molecule has 2 nitrogen and oxygen atoms in total. The van der Waals surface area contributed by atoms with Crippen molar-refractivity contribution in [3.63, 3.8) is 0 Å². The van der Waals surface area contributed by atoms with Crippen LogP contribution in [0.15, 0.2) is 28.7 Å². The molecule has 0 heterocycles. The summed E-state index contributed by atoms with van der Waals surface area (Å²) in [5, 5.41) is 3.58. The van der Waals surface area contributed by atoms with Crippen molar-refractivity contribution < 1.29 is 4.74 Å². The number of hydrogen-bond donors (Lipinski definition) is 1. The molecule has 0 aliphatic heterocycles. The SMILES string of the molecule is CCCC(OCC)C(Cc1cccc(Br)c1)NCC. The van der Waals surface area contributed by atoms with Gasteiger partial charge in [-0.3, -0.25) is 0 Å². The first-order valence-corrected chi connectivity index (χ1v) is 8.09. The number of ether oxygens (including phenoxy) is 1. The molecule has 3 heteroatoms. The molecule has 2 unspecified atom stereocenters. The van der Waals surface area contributed by atoms with Gasteiger partial charge in [0.1, 0.15) is 0 Å². The maximum atomic E-state index is 5.93. The van der Waals surface area contributed by atoms with Crippen LogP contribution in [0.2, 0.25) is 0 Å². The summed E-state index contributed by atoms with van der Waals surface area (Å²) in [5.74, 6) is 0. The van der Waals surface area contributed by atoms with Crippen LogP contribution in [0.4, 0.5) is 0 Å². The molecule has 108 valence electrons. The van der Waals surface area contributed by atoms with Gasteiger partial charge in [0.2, 0.25) is 0 Å². The number of hydrogen-bond acceptors (Lipinski definition) is 2. The molecule has 0 bridgehead atoms. The Hall–Kier alpha value is -0.380. The van der Waals surface area contributed by atoms with E-state index in [1.165, 1.54) is 5.56 Å². The second-order valence-corrected chi connectivity index (χ2v) is 5.70. The van der Waals surface area contributed by atoms with Crippen molar-refractivity contribution in [2.75, 3.05) is 13.2 Å². The lowest BCUT2D eigenvalue weighted by Gasteiger charge is -2.28. The summed E-state index contributed by atoms with van der Waals surface area (Å²) in [5.41, 5.74) is 1.35. The topological polar surface area (TPSA) is 21.3 Å². The molecule has 0 saturated heterocycles. The first-order chi connectivity index (χ1) is 9.21. The average molecular weight is 328 g/mol. The monoisotopic (exact) mass is 327 g/mol. The summed E-state index contributed by atoms with van der Waals surface area (Å²) in [7, 11) is 0. The second kappa shape index (κ2) is 9.51. The molecular formula is C16H26BrNO. The van der Waals surface area contributed by atoms with Crippen molar-refractivity contribution in [2.24, 2.45) is 0 Å². The van der Waals surface area contributed by atoms with Crippen molar-refractivity contribution in [1.82, 2.24) is 5.32 Å². The average Bonchev–Trinajstić information content (AvgIpc) is 2.38. The Balaban J connectivity index is 2.74. The zero-order valence-electron chi connectivity index (χ0n) is 12.3. The van der Waals surface area contributed by atoms with E-state index in [9.17, 15) is 0 Å². The quantitative estimate of drug-likeness (QED) is 0.734. The molecule has 1 rings (SSSR count). The lowest BCUT2D eigenvalue weighted by Crippen LogP contribution is -2.43. The van der Waals surface area contributed by atoms with Crippen LogP contribution in [0.1, 0.15) is 39.2 Å². The van der Waals surface area contributed by atoms with Gasteiger partial charge in [0, 0.05) is 17.1 Å². The summed E-state index contributed by atoms with van der Waals surface area (Å²) in [6, 6.07) is 8.93. The summed E-state index contributed by atoms with van der Waals surface area (Å²) in [6.45, 7) is 8.21. The van der Waals surface area contributed by atoms with Crippen molar-refractivity contribution >= 4 is 15.9 Å². The van der Waals surface area contributed by atoms with E-state index >= 15 is 0 Å². The standard InChI is InChI=1S/C16H26BrNO/c1-4-8-16(19-6-3)15(18-5-2)12-13-9-7-10-14(17)11-13/h7,9-11,15-16,18H,4-6,8,12H2,1-3H3. The predicted molar refractivity (Wildman–Crippen MR) is 85.6 cm³/mol. The smallest absolute Gasteiger partial charge is 0.0731 e. The van der Waals surface area contributed by atoms with Gasteiger partial charge in [0.15, 0.2) is 0 Å². The maximum absolute atomic E-state index is 5.93. The molecule has 0 aromatic heterocycles. The first kappa shape index (κ1) is 16.7. The number of halogens is 1. The van der Waals surface area contributed by atoms with E-state index in [2.05, 4.69) is 66.3 Å². The number of rotatable bonds is 9. The minimum atomic E-state index is 0.300. The number of likely N-dealkylation sites (N-methyl/N-ethyl adjacent to an activating group) is 1. The normalized spacial score (nSPS) is 14.3. The molecule has 1 N–H and O–H groups in total. The van der Waals surface area contributed by atoms with E-state index < -0.39 is 0 Å². The Morgan fingerprint density at radius 3 is 2.63 bits per heavy atom. The third kappa shape index (κ3) is 6.07. The van der Waals surface area contributed by atoms with E-state index in [-0.39, 0.29) is 0 Å². The van der Waals surface area contributed by atoms with Gasteiger partial charge in [0.25, 0.3) is 0 Å². The summed E-state index contributed by atoms with van der Waals surface area (Å²) >= 11 is 3.54. The van der Waals surface area contributed by atoms with Crippen LogP contribution in [-0.4, -0.2) is 25.3 Å². The van der Waals surface area contributed by atoms with Crippen LogP contribution in [-0.2, 0) is 11.2 Å². The fraction of sp³-hybridized carbons (Fsp3) is 0.625. The Labute approximate surface area is 126 Å². The Bertz CT molecular complexity index is 350. The van der Waals surface area contributed by atoms with Crippen LogP contribution in [0.25, 0.3) is 0 Å². The molecule has 19 heavy (non-hydrogen) atoms. The van der Waals surface area contributed by atoms with Gasteiger partial charge in [-0.1, -0.05) is 48.3 Å². The maximum Gasteiger partial charge on any atom is 0.0731 e. The van der Waals surface area contributed by atoms with E-state index in [1.807, 2.05) is 0 Å². The van der Waals surface area contributed by atoms with Crippen molar-refractivity contribution in [2.45, 2.75) is 52.2 Å². The Kier molecular flexibility index (Phi) is 8.35. The van der Waals surface area contributed by atoms with Gasteiger partial charge in [-0.2, -0.15) is 0 Å². The molecule has 0 radical (unpaired) electrons. The summed E-state index contributed by atoms with van der Waals surface area (Å²) in [4.78, 5) is 0. The van der Waals surface area contributed by atoms with E-state index in [4.69, 9.17) is 4.74 Å². The lowest BCUT2D eigenvalue weighted by molar-refractivity contribution is 0.0285. The zero-order chi connectivity index (χ0) is 14.1. The highest BCUT2D eigenvalue weighted by Crippen LogP contribution is 2.17. The molecule has 0 amide bonds. The fourth-order valence-electron chi connectivity index (χ4n) is 2.41. The van der Waals surface area contributed by atoms with Crippen LogP contribution in [0, 0.1) is 0 Å². The van der Waals surface area contributed by atoms with Gasteiger partial charge in [-0.05, 0) is 44.0 Å². The van der Waals surface area contributed by atoms with Crippen LogP contribution >= 0.6 is 15.9 Å². The van der Waals surface area contributed by atoms with E-state index in [0.29, 0.717) is 12.1 Å². The van der Waals surface area contributed by atoms with E-state index in [1.54, 1.807) is 0 Å². The second-order valence-electron chi connectivity index (χ2n) is 4.78. The Morgan fingerprint density at radius 1 is 1.26 bits per heavy atom. The minimum Gasteiger partial charge on any atom is -0.377 e. The molecule has 0 aliphatic rings. The molecule has 1 aromatic carbocycles. The molecule has 0 fully saturated rings. The molecule has 0 spiro atoms. The predicted octanol–water partition coefficient (Wildman–Crippen LogP) is 4.17. The van der Waals surface area contributed by atoms with Gasteiger partial charge in [-0.25, -0.2) is 0 Å². The summed E-state index contributed by atoms with van der Waals surface area (Å²) < 4.78 is 7.07. The highest BCUT2D eigenvalue weighted by atomic mass is 79.9. The number of nitrogens with one attached hydrogen (secondary N) is 1. The molecule has 1 aromatic rings.